The Kier molecular flexibility index (Phi) is 2.00. The molecule has 0 atom stereocenters. The quantitative estimate of drug-likeness (QED) is 0.723. The lowest BCUT2D eigenvalue weighted by Crippen LogP contribution is -2.15. The van der Waals surface area contributed by atoms with Gasteiger partial charge < -0.3 is 10.1 Å². The minimum absolute atomic E-state index is 0.337. The second-order valence-corrected chi connectivity index (χ2v) is 3.24. The summed E-state index contributed by atoms with van der Waals surface area (Å²) in [7, 11) is 0. The number of hydrogen-bond acceptors (Lipinski definition) is 3. The third kappa shape index (κ3) is 1.59. The highest BCUT2D eigenvalue weighted by atomic mass is 16.4. The third-order valence-electron chi connectivity index (χ3n) is 2.06. The van der Waals surface area contributed by atoms with Crippen LogP contribution in [0.15, 0.2) is 23.0 Å². The van der Waals surface area contributed by atoms with Gasteiger partial charge in [-0.1, -0.05) is 11.6 Å². The fraction of sp³-hybridized carbons (Fsp3) is 0.100. The molecular weight excluding hydrogens is 196 g/mol. The van der Waals surface area contributed by atoms with Gasteiger partial charge in [-0.25, -0.2) is 9.78 Å². The highest BCUT2D eigenvalue weighted by Crippen LogP contribution is 2.09. The van der Waals surface area contributed by atoms with Gasteiger partial charge in [-0.3, -0.25) is 4.79 Å². The lowest BCUT2D eigenvalue weighted by Gasteiger charge is -1.99. The van der Waals surface area contributed by atoms with E-state index in [1.807, 2.05) is 6.92 Å². The van der Waals surface area contributed by atoms with Gasteiger partial charge in [0.15, 0.2) is 0 Å². The summed E-state index contributed by atoms with van der Waals surface area (Å²) in [5, 5.41) is 9.09. The van der Waals surface area contributed by atoms with Gasteiger partial charge in [-0.05, 0) is 19.1 Å². The average Bonchev–Trinajstić information content (AvgIpc) is 2.18. The average molecular weight is 204 g/mol. The van der Waals surface area contributed by atoms with Gasteiger partial charge in [-0.2, -0.15) is 0 Å². The minimum Gasteiger partial charge on any atom is -0.475 e. The van der Waals surface area contributed by atoms with Crippen LogP contribution in [0.4, 0.5) is 0 Å². The normalized spacial score (nSPS) is 10.5. The van der Waals surface area contributed by atoms with E-state index in [1.54, 1.807) is 18.2 Å². The molecule has 0 aliphatic carbocycles. The standard InChI is InChI=1S/C10H8N2O3/c1-5-2-3-7-6(4-5)9(13)12-8(11-7)10(14)15/h2-4H,1H3,(H,14,15)(H,11,12,13). The zero-order valence-electron chi connectivity index (χ0n) is 7.94. The Morgan fingerprint density at radius 1 is 1.47 bits per heavy atom. The summed E-state index contributed by atoms with van der Waals surface area (Å²) in [6.07, 6.45) is 0. The van der Waals surface area contributed by atoms with Crippen LogP contribution in [0.25, 0.3) is 10.9 Å². The molecule has 0 aliphatic rings. The highest BCUT2D eigenvalue weighted by molar-refractivity contribution is 5.87. The zero-order chi connectivity index (χ0) is 11.0. The molecule has 2 N–H and O–H groups in total. The van der Waals surface area contributed by atoms with Crippen LogP contribution in [-0.4, -0.2) is 21.0 Å². The van der Waals surface area contributed by atoms with E-state index in [0.717, 1.165) is 5.56 Å². The van der Waals surface area contributed by atoms with Crippen molar-refractivity contribution < 1.29 is 9.90 Å². The van der Waals surface area contributed by atoms with Crippen LogP contribution >= 0.6 is 0 Å². The fourth-order valence-corrected chi connectivity index (χ4v) is 1.35. The van der Waals surface area contributed by atoms with Gasteiger partial charge in [0.1, 0.15) is 0 Å². The van der Waals surface area contributed by atoms with Crippen molar-refractivity contribution in [1.29, 1.82) is 0 Å². The number of carboxylic acid groups (broad SMARTS) is 1. The number of hydrogen-bond donors (Lipinski definition) is 2. The number of rotatable bonds is 1. The van der Waals surface area contributed by atoms with Crippen molar-refractivity contribution in [2.45, 2.75) is 6.92 Å². The molecule has 0 bridgehead atoms. The number of nitrogens with zero attached hydrogens (tertiary/aromatic N) is 1. The number of carboxylic acids is 1. The first-order valence-corrected chi connectivity index (χ1v) is 4.32. The minimum atomic E-state index is -1.24. The molecule has 0 saturated carbocycles. The Balaban J connectivity index is 2.84. The predicted molar refractivity (Wildman–Crippen MR) is 54.1 cm³/mol. The highest BCUT2D eigenvalue weighted by Gasteiger charge is 2.08. The lowest BCUT2D eigenvalue weighted by molar-refractivity contribution is 0.0683. The number of nitrogens with one attached hydrogen (secondary N) is 1. The van der Waals surface area contributed by atoms with Crippen molar-refractivity contribution in [2.75, 3.05) is 0 Å². The number of benzene rings is 1. The van der Waals surface area contributed by atoms with Crippen molar-refractivity contribution in [3.8, 4) is 0 Å². The summed E-state index contributed by atoms with van der Waals surface area (Å²) in [5.41, 5.74) is 0.890. The van der Waals surface area contributed by atoms with Crippen molar-refractivity contribution in [3.63, 3.8) is 0 Å². The van der Waals surface area contributed by atoms with Gasteiger partial charge in [-0.15, -0.1) is 0 Å². The first-order chi connectivity index (χ1) is 7.08. The van der Waals surface area contributed by atoms with Crippen molar-refractivity contribution in [3.05, 3.63) is 39.9 Å². The summed E-state index contributed by atoms with van der Waals surface area (Å²) in [6, 6.07) is 5.08. The number of aromatic amines is 1. The van der Waals surface area contributed by atoms with Crippen molar-refractivity contribution in [1.82, 2.24) is 9.97 Å². The Bertz CT molecular complexity index is 601. The largest absolute Gasteiger partial charge is 0.475 e. The first kappa shape index (κ1) is 9.39. The maximum Gasteiger partial charge on any atom is 0.372 e. The van der Waals surface area contributed by atoms with E-state index in [9.17, 15) is 9.59 Å². The van der Waals surface area contributed by atoms with Gasteiger partial charge >= 0.3 is 5.97 Å². The van der Waals surface area contributed by atoms with Crippen LogP contribution < -0.4 is 5.56 Å². The van der Waals surface area contributed by atoms with Crippen LogP contribution in [0, 0.1) is 6.92 Å². The zero-order valence-corrected chi connectivity index (χ0v) is 7.94. The second kappa shape index (κ2) is 3.20. The maximum atomic E-state index is 11.5. The van der Waals surface area contributed by atoms with Gasteiger partial charge in [0.05, 0.1) is 10.9 Å². The maximum absolute atomic E-state index is 11.5. The molecule has 0 radical (unpaired) electrons. The Labute approximate surface area is 84.4 Å². The molecule has 1 heterocycles. The summed E-state index contributed by atoms with van der Waals surface area (Å²) >= 11 is 0. The van der Waals surface area contributed by atoms with Crippen molar-refractivity contribution in [2.24, 2.45) is 0 Å². The van der Waals surface area contributed by atoms with Crippen LogP contribution in [0.5, 0.6) is 0 Å². The molecule has 0 unspecified atom stereocenters. The van der Waals surface area contributed by atoms with E-state index in [0.29, 0.717) is 10.9 Å². The molecular formula is C10H8N2O3. The van der Waals surface area contributed by atoms with E-state index in [1.165, 1.54) is 0 Å². The molecule has 15 heavy (non-hydrogen) atoms. The number of carbonyl (C=O) groups is 1. The van der Waals surface area contributed by atoms with Gasteiger partial charge in [0.25, 0.3) is 5.56 Å². The molecule has 0 saturated heterocycles. The molecule has 2 rings (SSSR count). The van der Waals surface area contributed by atoms with Crippen LogP contribution in [0.2, 0.25) is 0 Å². The molecule has 5 heteroatoms. The molecule has 1 aromatic heterocycles. The Morgan fingerprint density at radius 2 is 2.20 bits per heavy atom. The topological polar surface area (TPSA) is 83.0 Å². The molecule has 76 valence electrons. The van der Waals surface area contributed by atoms with Crippen LogP contribution in [-0.2, 0) is 0 Å². The van der Waals surface area contributed by atoms with Gasteiger partial charge in [0.2, 0.25) is 5.82 Å². The molecule has 0 spiro atoms. The fourth-order valence-electron chi connectivity index (χ4n) is 1.35. The van der Waals surface area contributed by atoms with E-state index >= 15 is 0 Å². The summed E-state index contributed by atoms with van der Waals surface area (Å²) in [5.74, 6) is -1.58. The van der Waals surface area contributed by atoms with E-state index in [-0.39, 0.29) is 5.82 Å². The summed E-state index contributed by atoms with van der Waals surface area (Å²) in [4.78, 5) is 28.2. The number of aromatic nitrogens is 2. The SMILES string of the molecule is Cc1ccc2nc(C(=O)O)[nH]c(=O)c2c1. The van der Waals surface area contributed by atoms with E-state index < -0.39 is 11.5 Å². The smallest absolute Gasteiger partial charge is 0.372 e. The molecule has 0 amide bonds. The Hall–Kier alpha value is -2.17. The Morgan fingerprint density at radius 3 is 2.87 bits per heavy atom. The van der Waals surface area contributed by atoms with Crippen molar-refractivity contribution >= 4 is 16.9 Å². The number of aryl methyl sites for hydroxylation is 1. The van der Waals surface area contributed by atoms with Crippen LogP contribution in [0.1, 0.15) is 16.2 Å². The molecule has 2 aromatic rings. The molecule has 1 aromatic carbocycles. The monoisotopic (exact) mass is 204 g/mol. The second-order valence-electron chi connectivity index (χ2n) is 3.24. The molecule has 0 aliphatic heterocycles. The first-order valence-electron chi connectivity index (χ1n) is 4.32. The third-order valence-corrected chi connectivity index (χ3v) is 2.06. The van der Waals surface area contributed by atoms with Gasteiger partial charge in [0, 0.05) is 0 Å². The number of aromatic carboxylic acids is 1. The molecule has 5 nitrogen and oxygen atoms in total. The summed E-state index contributed by atoms with van der Waals surface area (Å²) in [6.45, 7) is 1.85. The molecule has 0 fully saturated rings. The lowest BCUT2D eigenvalue weighted by atomic mass is 10.2. The number of fused-ring (bicyclic) bond motifs is 1. The number of H-pyrrole nitrogens is 1. The summed E-state index contributed by atoms with van der Waals surface area (Å²) < 4.78 is 0. The van der Waals surface area contributed by atoms with E-state index in [2.05, 4.69) is 9.97 Å². The predicted octanol–water partition coefficient (Wildman–Crippen LogP) is 0.930. The van der Waals surface area contributed by atoms with E-state index in [4.69, 9.17) is 5.11 Å². The van der Waals surface area contributed by atoms with Crippen LogP contribution in [0.3, 0.4) is 0 Å².